The molecule has 1 unspecified atom stereocenters. The van der Waals surface area contributed by atoms with E-state index in [1.807, 2.05) is 0 Å². The summed E-state index contributed by atoms with van der Waals surface area (Å²) in [6, 6.07) is 6.14. The molecule has 2 heterocycles. The van der Waals surface area contributed by atoms with Gasteiger partial charge in [-0.05, 0) is 62.6 Å². The van der Waals surface area contributed by atoms with Crippen molar-refractivity contribution in [2.75, 3.05) is 18.4 Å². The maximum absolute atomic E-state index is 13.8. The van der Waals surface area contributed by atoms with Crippen LogP contribution >= 0.6 is 0 Å². The van der Waals surface area contributed by atoms with E-state index in [9.17, 15) is 14.0 Å². The van der Waals surface area contributed by atoms with E-state index in [4.69, 9.17) is 4.42 Å². The molecule has 1 aliphatic rings. The molecule has 1 saturated heterocycles. The summed E-state index contributed by atoms with van der Waals surface area (Å²) in [6.45, 7) is 5.20. The van der Waals surface area contributed by atoms with Crippen molar-refractivity contribution in [1.82, 2.24) is 5.32 Å². The molecule has 1 atom stereocenters. The van der Waals surface area contributed by atoms with Gasteiger partial charge >= 0.3 is 5.63 Å². The van der Waals surface area contributed by atoms with Gasteiger partial charge in [0, 0.05) is 12.5 Å². The molecule has 0 aliphatic carbocycles. The quantitative estimate of drug-likeness (QED) is 0.897. The van der Waals surface area contributed by atoms with Gasteiger partial charge < -0.3 is 15.1 Å². The SMILES string of the molecule is Cc1ccc(F)c(NC(=O)c2c(C)cc(C3CCCNC3)oc2=O)c1. The van der Waals surface area contributed by atoms with Crippen LogP contribution in [0.1, 0.15) is 46.0 Å². The topological polar surface area (TPSA) is 71.3 Å². The lowest BCUT2D eigenvalue weighted by Gasteiger charge is -2.22. The van der Waals surface area contributed by atoms with Gasteiger partial charge in [0.1, 0.15) is 17.1 Å². The van der Waals surface area contributed by atoms with E-state index < -0.39 is 17.3 Å². The van der Waals surface area contributed by atoms with Gasteiger partial charge in [0.25, 0.3) is 5.91 Å². The lowest BCUT2D eigenvalue weighted by molar-refractivity contribution is 0.102. The Bertz CT molecular complexity index is 854. The van der Waals surface area contributed by atoms with Crippen LogP contribution in [0.5, 0.6) is 0 Å². The fourth-order valence-electron chi connectivity index (χ4n) is 3.12. The highest BCUT2D eigenvalue weighted by Gasteiger charge is 2.23. The van der Waals surface area contributed by atoms with E-state index in [-0.39, 0.29) is 17.2 Å². The molecule has 5 nitrogen and oxygen atoms in total. The van der Waals surface area contributed by atoms with Crippen LogP contribution in [-0.4, -0.2) is 19.0 Å². The number of halogens is 1. The molecule has 6 heteroatoms. The predicted molar refractivity (Wildman–Crippen MR) is 93.6 cm³/mol. The Morgan fingerprint density at radius 2 is 2.12 bits per heavy atom. The standard InChI is InChI=1S/C19H21FN2O3/c1-11-5-6-14(20)15(8-11)22-18(23)17-12(2)9-16(25-19(17)24)13-4-3-7-21-10-13/h5-6,8-9,13,21H,3-4,7,10H2,1-2H3,(H,22,23). The van der Waals surface area contributed by atoms with E-state index in [1.54, 1.807) is 26.0 Å². The zero-order valence-electron chi connectivity index (χ0n) is 14.3. The van der Waals surface area contributed by atoms with Gasteiger partial charge in [0.2, 0.25) is 0 Å². The Balaban J connectivity index is 1.87. The maximum atomic E-state index is 13.8. The van der Waals surface area contributed by atoms with Gasteiger partial charge in [-0.2, -0.15) is 0 Å². The van der Waals surface area contributed by atoms with Crippen LogP contribution in [0.15, 0.2) is 33.5 Å². The monoisotopic (exact) mass is 344 g/mol. The highest BCUT2D eigenvalue weighted by atomic mass is 19.1. The van der Waals surface area contributed by atoms with Crippen LogP contribution in [-0.2, 0) is 0 Å². The first-order valence-electron chi connectivity index (χ1n) is 8.38. The number of piperidine rings is 1. The molecule has 2 aromatic rings. The van der Waals surface area contributed by atoms with Crippen LogP contribution < -0.4 is 16.3 Å². The molecular formula is C19H21FN2O3. The second-order valence-corrected chi connectivity index (χ2v) is 6.47. The molecule has 1 aromatic carbocycles. The number of carbonyl (C=O) groups excluding carboxylic acids is 1. The van der Waals surface area contributed by atoms with Crippen molar-refractivity contribution in [2.24, 2.45) is 0 Å². The number of nitrogens with one attached hydrogen (secondary N) is 2. The van der Waals surface area contributed by atoms with Crippen molar-refractivity contribution in [3.8, 4) is 0 Å². The van der Waals surface area contributed by atoms with E-state index in [1.165, 1.54) is 12.1 Å². The first-order chi connectivity index (χ1) is 12.0. The lowest BCUT2D eigenvalue weighted by atomic mass is 9.95. The van der Waals surface area contributed by atoms with Crippen molar-refractivity contribution in [3.63, 3.8) is 0 Å². The van der Waals surface area contributed by atoms with E-state index >= 15 is 0 Å². The molecule has 0 saturated carbocycles. The predicted octanol–water partition coefficient (Wildman–Crippen LogP) is 3.12. The molecule has 1 fully saturated rings. The summed E-state index contributed by atoms with van der Waals surface area (Å²) in [5.41, 5.74) is 0.604. The number of amides is 1. The number of hydrogen-bond acceptors (Lipinski definition) is 4. The van der Waals surface area contributed by atoms with Crippen LogP contribution in [0.4, 0.5) is 10.1 Å². The Labute approximate surface area is 145 Å². The average Bonchev–Trinajstić information content (AvgIpc) is 2.58. The molecule has 132 valence electrons. The summed E-state index contributed by atoms with van der Waals surface area (Å²) in [7, 11) is 0. The third-order valence-corrected chi connectivity index (χ3v) is 4.46. The number of rotatable bonds is 3. The third-order valence-electron chi connectivity index (χ3n) is 4.46. The minimum absolute atomic E-state index is 0.0457. The number of benzene rings is 1. The van der Waals surface area contributed by atoms with E-state index in [2.05, 4.69) is 10.6 Å². The second-order valence-electron chi connectivity index (χ2n) is 6.47. The molecule has 1 aliphatic heterocycles. The second kappa shape index (κ2) is 7.19. The van der Waals surface area contributed by atoms with Gasteiger partial charge in [0.15, 0.2) is 0 Å². The number of hydrogen-bond donors (Lipinski definition) is 2. The highest BCUT2D eigenvalue weighted by Crippen LogP contribution is 2.24. The largest absolute Gasteiger partial charge is 0.427 e. The minimum Gasteiger partial charge on any atom is -0.427 e. The molecule has 1 aromatic heterocycles. The number of aryl methyl sites for hydroxylation is 2. The molecule has 1 amide bonds. The molecule has 3 rings (SSSR count). The molecule has 0 spiro atoms. The Hall–Kier alpha value is -2.47. The summed E-state index contributed by atoms with van der Waals surface area (Å²) >= 11 is 0. The van der Waals surface area contributed by atoms with Crippen LogP contribution in [0.3, 0.4) is 0 Å². The van der Waals surface area contributed by atoms with Gasteiger partial charge in [-0.15, -0.1) is 0 Å². The number of carbonyl (C=O) groups is 1. The smallest absolute Gasteiger partial charge is 0.349 e. The van der Waals surface area contributed by atoms with E-state index in [0.717, 1.165) is 31.5 Å². The molecule has 25 heavy (non-hydrogen) atoms. The van der Waals surface area contributed by atoms with Crippen LogP contribution in [0.25, 0.3) is 0 Å². The number of anilines is 1. The highest BCUT2D eigenvalue weighted by molar-refractivity contribution is 6.05. The first kappa shape index (κ1) is 17.4. The summed E-state index contributed by atoms with van der Waals surface area (Å²) < 4.78 is 19.2. The normalized spacial score (nSPS) is 17.3. The summed E-state index contributed by atoms with van der Waals surface area (Å²) in [4.78, 5) is 24.8. The van der Waals surface area contributed by atoms with Crippen molar-refractivity contribution in [1.29, 1.82) is 0 Å². The van der Waals surface area contributed by atoms with Crippen molar-refractivity contribution < 1.29 is 13.6 Å². The van der Waals surface area contributed by atoms with Gasteiger partial charge in [-0.1, -0.05) is 6.07 Å². The fraction of sp³-hybridized carbons (Fsp3) is 0.368. The molecule has 2 N–H and O–H groups in total. The zero-order chi connectivity index (χ0) is 18.0. The molecular weight excluding hydrogens is 323 g/mol. The summed E-state index contributed by atoms with van der Waals surface area (Å²) in [6.07, 6.45) is 1.96. The van der Waals surface area contributed by atoms with Gasteiger partial charge in [-0.3, -0.25) is 4.79 Å². The summed E-state index contributed by atoms with van der Waals surface area (Å²) in [5, 5.41) is 5.73. The summed E-state index contributed by atoms with van der Waals surface area (Å²) in [5.74, 6) is -0.491. The van der Waals surface area contributed by atoms with Crippen LogP contribution in [0, 0.1) is 19.7 Å². The van der Waals surface area contributed by atoms with E-state index in [0.29, 0.717) is 11.3 Å². The van der Waals surface area contributed by atoms with Crippen LogP contribution in [0.2, 0.25) is 0 Å². The Morgan fingerprint density at radius 1 is 1.32 bits per heavy atom. The molecule has 0 bridgehead atoms. The maximum Gasteiger partial charge on any atom is 0.349 e. The van der Waals surface area contributed by atoms with Gasteiger partial charge in [-0.25, -0.2) is 9.18 Å². The lowest BCUT2D eigenvalue weighted by Crippen LogP contribution is -2.30. The Kier molecular flexibility index (Phi) is 4.99. The first-order valence-corrected chi connectivity index (χ1v) is 8.38. The van der Waals surface area contributed by atoms with Gasteiger partial charge in [0.05, 0.1) is 5.69 Å². The molecule has 0 radical (unpaired) electrons. The minimum atomic E-state index is -0.689. The fourth-order valence-corrected chi connectivity index (χ4v) is 3.12. The third kappa shape index (κ3) is 3.79. The van der Waals surface area contributed by atoms with Crippen molar-refractivity contribution in [2.45, 2.75) is 32.6 Å². The Morgan fingerprint density at radius 3 is 2.80 bits per heavy atom. The average molecular weight is 344 g/mol. The van der Waals surface area contributed by atoms with Crippen molar-refractivity contribution in [3.05, 3.63) is 63.0 Å². The van der Waals surface area contributed by atoms with Crippen molar-refractivity contribution >= 4 is 11.6 Å². The zero-order valence-corrected chi connectivity index (χ0v) is 14.3.